The van der Waals surface area contributed by atoms with Crippen molar-refractivity contribution in [2.24, 2.45) is 0 Å². The zero-order chi connectivity index (χ0) is 24.7. The third-order valence-corrected chi connectivity index (χ3v) is 6.76. The van der Waals surface area contributed by atoms with E-state index < -0.39 is 11.8 Å². The van der Waals surface area contributed by atoms with Gasteiger partial charge in [0.15, 0.2) is 5.78 Å². The summed E-state index contributed by atoms with van der Waals surface area (Å²) in [5.41, 5.74) is 3.67. The maximum atomic E-state index is 13.4. The molecule has 0 radical (unpaired) electrons. The second-order valence-electron chi connectivity index (χ2n) is 9.59. The van der Waals surface area contributed by atoms with Crippen LogP contribution in [-0.4, -0.2) is 76.5 Å². The van der Waals surface area contributed by atoms with Gasteiger partial charge >= 0.3 is 0 Å². The van der Waals surface area contributed by atoms with E-state index in [1.165, 1.54) is 6.92 Å². The van der Waals surface area contributed by atoms with Gasteiger partial charge < -0.3 is 19.8 Å². The van der Waals surface area contributed by atoms with E-state index >= 15 is 0 Å². The van der Waals surface area contributed by atoms with E-state index in [9.17, 15) is 27.2 Å². The predicted molar refractivity (Wildman–Crippen MR) is 119 cm³/mol. The topological polar surface area (TPSA) is 72.2 Å². The fourth-order valence-corrected chi connectivity index (χ4v) is 4.68. The van der Waals surface area contributed by atoms with Crippen LogP contribution >= 0.6 is 0 Å². The van der Waals surface area contributed by atoms with Gasteiger partial charge in [-0.3, -0.25) is 9.59 Å². The third-order valence-electron chi connectivity index (χ3n) is 6.76. The molecule has 1 aliphatic heterocycles. The summed E-state index contributed by atoms with van der Waals surface area (Å²) in [4.78, 5) is 33.3. The number of ketones is 1. The van der Waals surface area contributed by atoms with Gasteiger partial charge in [0.25, 0.3) is 17.8 Å². The van der Waals surface area contributed by atoms with Gasteiger partial charge in [-0.2, -0.15) is 0 Å². The summed E-state index contributed by atoms with van der Waals surface area (Å²) < 4.78 is 52.7. The van der Waals surface area contributed by atoms with Crippen molar-refractivity contribution in [3.05, 3.63) is 46.0 Å². The predicted octanol–water partition coefficient (Wildman–Crippen LogP) is 3.87. The molecule has 3 heterocycles. The van der Waals surface area contributed by atoms with Gasteiger partial charge in [0.1, 0.15) is 5.69 Å². The summed E-state index contributed by atoms with van der Waals surface area (Å²) in [6.07, 6.45) is -0.116. The van der Waals surface area contributed by atoms with E-state index in [1.807, 2.05) is 7.05 Å². The highest BCUT2D eigenvalue weighted by Crippen LogP contribution is 2.34. The Morgan fingerprint density at radius 1 is 0.824 bits per heavy atom. The Balaban J connectivity index is 0.000000172. The number of rotatable bonds is 2. The minimum absolute atomic E-state index is 0.0733. The van der Waals surface area contributed by atoms with Gasteiger partial charge in [0.2, 0.25) is 0 Å². The highest BCUT2D eigenvalue weighted by molar-refractivity contribution is 5.93. The fraction of sp³-hybridized carbons (Fsp3) is 0.583. The van der Waals surface area contributed by atoms with Crippen LogP contribution in [0.3, 0.4) is 0 Å². The average Bonchev–Trinajstić information content (AvgIpc) is 3.36. The van der Waals surface area contributed by atoms with Crippen molar-refractivity contribution in [1.29, 1.82) is 0 Å². The zero-order valence-electron chi connectivity index (χ0n) is 19.4. The molecule has 2 aliphatic carbocycles. The number of likely N-dealkylation sites (N-methyl/N-ethyl adjacent to an activating group) is 1. The number of hydrogen-bond acceptors (Lipinski definition) is 3. The van der Waals surface area contributed by atoms with E-state index in [1.54, 1.807) is 17.0 Å². The normalized spacial score (nSPS) is 21.2. The molecule has 34 heavy (non-hydrogen) atoms. The van der Waals surface area contributed by atoms with Gasteiger partial charge in [0, 0.05) is 70.2 Å². The van der Waals surface area contributed by atoms with E-state index in [2.05, 4.69) is 14.9 Å². The van der Waals surface area contributed by atoms with Crippen molar-refractivity contribution in [2.45, 2.75) is 57.3 Å². The number of nitrogens with zero attached hydrogens (tertiary/aromatic N) is 2. The van der Waals surface area contributed by atoms with E-state index in [-0.39, 0.29) is 37.4 Å². The number of aryl methyl sites for hydroxylation is 2. The Morgan fingerprint density at radius 2 is 1.29 bits per heavy atom. The van der Waals surface area contributed by atoms with Crippen molar-refractivity contribution in [2.75, 3.05) is 33.2 Å². The van der Waals surface area contributed by atoms with Gasteiger partial charge in [-0.15, -0.1) is 0 Å². The highest BCUT2D eigenvalue weighted by atomic mass is 19.3. The van der Waals surface area contributed by atoms with E-state index in [0.717, 1.165) is 24.5 Å². The molecule has 1 saturated heterocycles. The van der Waals surface area contributed by atoms with Crippen LogP contribution in [-0.2, 0) is 25.7 Å². The molecular formula is C24H30F4N4O2. The molecule has 1 fully saturated rings. The summed E-state index contributed by atoms with van der Waals surface area (Å²) in [7, 11) is 2.03. The van der Waals surface area contributed by atoms with Gasteiger partial charge in [-0.25, -0.2) is 17.6 Å². The molecule has 3 aliphatic rings. The summed E-state index contributed by atoms with van der Waals surface area (Å²) in [6.45, 7) is 4.51. The van der Waals surface area contributed by atoms with Crippen molar-refractivity contribution in [3.8, 4) is 0 Å². The van der Waals surface area contributed by atoms with Crippen LogP contribution in [0.4, 0.5) is 17.6 Å². The lowest BCUT2D eigenvalue weighted by Crippen LogP contribution is -2.47. The number of aromatic nitrogens is 2. The molecule has 2 aromatic heterocycles. The summed E-state index contributed by atoms with van der Waals surface area (Å²) in [6, 6.07) is 3.16. The first kappa shape index (κ1) is 24.5. The molecule has 0 spiro atoms. The van der Waals surface area contributed by atoms with Crippen LogP contribution in [0.5, 0.6) is 0 Å². The molecule has 10 heteroatoms. The first-order chi connectivity index (χ1) is 15.9. The van der Waals surface area contributed by atoms with Crippen LogP contribution in [0.25, 0.3) is 0 Å². The quantitative estimate of drug-likeness (QED) is 0.504. The number of nitrogens with one attached hydrogen (secondary N) is 2. The number of halogens is 4. The number of alkyl halides is 4. The Kier molecular flexibility index (Phi) is 6.63. The van der Waals surface area contributed by atoms with Crippen molar-refractivity contribution >= 4 is 11.7 Å². The number of fused-ring (bicyclic) bond motifs is 2. The Morgan fingerprint density at radius 3 is 1.79 bits per heavy atom. The lowest BCUT2D eigenvalue weighted by Gasteiger charge is -2.32. The van der Waals surface area contributed by atoms with Gasteiger partial charge in [-0.05, 0) is 43.1 Å². The lowest BCUT2D eigenvalue weighted by molar-refractivity contribution is -0.0131. The molecule has 0 aromatic carbocycles. The molecule has 0 atom stereocenters. The number of carbonyl (C=O) groups excluding carboxylic acids is 2. The third kappa shape index (κ3) is 5.54. The number of Topliss-reactive ketones (excluding diaryl/α,β-unsaturated/α-hetero) is 1. The second kappa shape index (κ2) is 9.20. The lowest BCUT2D eigenvalue weighted by atomic mass is 9.94. The first-order valence-electron chi connectivity index (χ1n) is 11.6. The second-order valence-corrected chi connectivity index (χ2v) is 9.59. The Hall–Kier alpha value is -2.62. The van der Waals surface area contributed by atoms with Crippen LogP contribution in [0.2, 0.25) is 0 Å². The maximum absolute atomic E-state index is 13.4. The summed E-state index contributed by atoms with van der Waals surface area (Å²) >= 11 is 0. The smallest absolute Gasteiger partial charge is 0.270 e. The standard InChI is InChI=1S/C14H19F2N3O.C10H11F2NO/c1-18-4-6-19(7-5-18)13(20)12-8-10-9-14(15,16)3-2-11(10)17-12;1-6(14)9-4-7-5-10(11,12)3-2-8(7)13-9/h8,17H,2-7,9H2,1H3;4,13H,2-3,5H2,1H3. The number of piperazine rings is 1. The molecule has 5 rings (SSSR count). The highest BCUT2D eigenvalue weighted by Gasteiger charge is 2.36. The number of H-pyrrole nitrogens is 2. The molecule has 0 saturated carbocycles. The van der Waals surface area contributed by atoms with Crippen LogP contribution in [0, 0.1) is 0 Å². The number of aromatic amines is 2. The first-order valence-corrected chi connectivity index (χ1v) is 11.6. The SMILES string of the molecule is CC(=O)c1cc2c([nH]1)CCC(F)(F)C2.CN1CCN(C(=O)c2cc3c([nH]2)CCC(F)(F)C3)CC1. The zero-order valence-corrected chi connectivity index (χ0v) is 19.4. The van der Waals surface area contributed by atoms with Crippen molar-refractivity contribution < 1.29 is 27.2 Å². The van der Waals surface area contributed by atoms with E-state index in [0.29, 0.717) is 48.4 Å². The minimum atomic E-state index is -2.64. The van der Waals surface area contributed by atoms with Crippen LogP contribution in [0.1, 0.15) is 63.3 Å². The maximum Gasteiger partial charge on any atom is 0.270 e. The number of hydrogen-bond donors (Lipinski definition) is 2. The monoisotopic (exact) mass is 482 g/mol. The molecule has 1 amide bonds. The number of carbonyl (C=O) groups is 2. The van der Waals surface area contributed by atoms with Crippen molar-refractivity contribution in [1.82, 2.24) is 19.8 Å². The minimum Gasteiger partial charge on any atom is -0.356 e. The van der Waals surface area contributed by atoms with E-state index in [4.69, 9.17) is 0 Å². The molecule has 2 N–H and O–H groups in total. The molecule has 0 unspecified atom stereocenters. The van der Waals surface area contributed by atoms with Gasteiger partial charge in [0.05, 0.1) is 5.69 Å². The molecule has 0 bridgehead atoms. The van der Waals surface area contributed by atoms with Crippen molar-refractivity contribution in [3.63, 3.8) is 0 Å². The number of amides is 1. The summed E-state index contributed by atoms with van der Waals surface area (Å²) in [5, 5.41) is 0. The Labute approximate surface area is 195 Å². The molecule has 186 valence electrons. The summed E-state index contributed by atoms with van der Waals surface area (Å²) in [5.74, 6) is -5.43. The van der Waals surface area contributed by atoms with Crippen LogP contribution < -0.4 is 0 Å². The molecular weight excluding hydrogens is 452 g/mol. The average molecular weight is 483 g/mol. The Bertz CT molecular complexity index is 1070. The van der Waals surface area contributed by atoms with Gasteiger partial charge in [-0.1, -0.05) is 0 Å². The fourth-order valence-electron chi connectivity index (χ4n) is 4.68. The molecule has 2 aromatic rings. The largest absolute Gasteiger partial charge is 0.356 e. The molecule has 6 nitrogen and oxygen atoms in total. The van der Waals surface area contributed by atoms with Crippen LogP contribution in [0.15, 0.2) is 12.1 Å².